The minimum atomic E-state index is 0.101. The monoisotopic (exact) mass is 238 g/mol. The Morgan fingerprint density at radius 2 is 2.29 bits per heavy atom. The molecule has 0 spiro atoms. The largest absolute Gasteiger partial charge is 0.354 e. The lowest BCUT2D eigenvalue weighted by atomic mass is 10.2. The van der Waals surface area contributed by atoms with Gasteiger partial charge in [0.2, 0.25) is 5.91 Å². The normalized spacial score (nSPS) is 14.3. The molecule has 1 heterocycles. The third-order valence-corrected chi connectivity index (χ3v) is 2.81. The zero-order chi connectivity index (χ0) is 12.7. The van der Waals surface area contributed by atoms with Crippen LogP contribution in [0.15, 0.2) is 12.3 Å². The summed E-state index contributed by atoms with van der Waals surface area (Å²) in [5, 5.41) is 13.0. The second-order valence-electron chi connectivity index (χ2n) is 4.31. The van der Waals surface area contributed by atoms with Gasteiger partial charge < -0.3 is 10.6 Å². The summed E-state index contributed by atoms with van der Waals surface area (Å²) in [7, 11) is 0. The third kappa shape index (κ3) is 4.99. The molecule has 2 unspecified atom stereocenters. The number of aromatic amines is 1. The Hall–Kier alpha value is -1.36. The first kappa shape index (κ1) is 13.7. The molecule has 1 amide bonds. The summed E-state index contributed by atoms with van der Waals surface area (Å²) < 4.78 is 0. The van der Waals surface area contributed by atoms with Crippen LogP contribution in [0.4, 0.5) is 0 Å². The van der Waals surface area contributed by atoms with Crippen LogP contribution in [0.3, 0.4) is 0 Å². The molecule has 5 heteroatoms. The first-order chi connectivity index (χ1) is 8.13. The molecule has 0 bridgehead atoms. The van der Waals surface area contributed by atoms with Gasteiger partial charge in [-0.2, -0.15) is 5.10 Å². The molecule has 3 N–H and O–H groups in total. The van der Waals surface area contributed by atoms with E-state index in [-0.39, 0.29) is 18.0 Å². The quantitative estimate of drug-likeness (QED) is 0.672. The maximum Gasteiger partial charge on any atom is 0.221 e. The van der Waals surface area contributed by atoms with Crippen molar-refractivity contribution in [1.29, 1.82) is 0 Å². The Balaban J connectivity index is 2.17. The number of rotatable bonds is 7. The van der Waals surface area contributed by atoms with Gasteiger partial charge in [0.25, 0.3) is 0 Å². The van der Waals surface area contributed by atoms with Crippen LogP contribution in [-0.2, 0) is 4.79 Å². The fourth-order valence-corrected chi connectivity index (χ4v) is 1.47. The molecule has 1 aromatic rings. The number of amides is 1. The lowest BCUT2D eigenvalue weighted by Gasteiger charge is -2.14. The van der Waals surface area contributed by atoms with E-state index < -0.39 is 0 Å². The predicted octanol–water partition coefficient (Wildman–Crippen LogP) is 1.37. The van der Waals surface area contributed by atoms with Crippen molar-refractivity contribution in [1.82, 2.24) is 20.8 Å². The first-order valence-electron chi connectivity index (χ1n) is 6.15. The van der Waals surface area contributed by atoms with Crippen LogP contribution in [0.2, 0.25) is 0 Å². The van der Waals surface area contributed by atoms with Gasteiger partial charge in [0.1, 0.15) is 0 Å². The van der Waals surface area contributed by atoms with E-state index in [1.807, 2.05) is 19.9 Å². The van der Waals surface area contributed by atoms with Gasteiger partial charge in [0, 0.05) is 31.2 Å². The Bertz CT molecular complexity index is 323. The van der Waals surface area contributed by atoms with Crippen molar-refractivity contribution in [3.63, 3.8) is 0 Å². The summed E-state index contributed by atoms with van der Waals surface area (Å²) in [4.78, 5) is 11.5. The summed E-state index contributed by atoms with van der Waals surface area (Å²) in [5.41, 5.74) is 1.03. The third-order valence-electron chi connectivity index (χ3n) is 2.81. The highest BCUT2D eigenvalue weighted by molar-refractivity contribution is 5.76. The molecule has 0 aliphatic carbocycles. The number of aromatic nitrogens is 2. The summed E-state index contributed by atoms with van der Waals surface area (Å²) in [6.07, 6.45) is 3.19. The van der Waals surface area contributed by atoms with Gasteiger partial charge in [-0.1, -0.05) is 6.92 Å². The fourth-order valence-electron chi connectivity index (χ4n) is 1.47. The molecule has 5 nitrogen and oxygen atoms in total. The van der Waals surface area contributed by atoms with Crippen molar-refractivity contribution in [2.75, 3.05) is 6.54 Å². The van der Waals surface area contributed by atoms with E-state index in [0.717, 1.165) is 12.1 Å². The highest BCUT2D eigenvalue weighted by atomic mass is 16.1. The number of hydrogen-bond acceptors (Lipinski definition) is 3. The Morgan fingerprint density at radius 1 is 1.53 bits per heavy atom. The maximum atomic E-state index is 11.5. The van der Waals surface area contributed by atoms with Crippen LogP contribution < -0.4 is 10.6 Å². The van der Waals surface area contributed by atoms with Crippen LogP contribution in [0.1, 0.15) is 45.3 Å². The minimum absolute atomic E-state index is 0.101. The van der Waals surface area contributed by atoms with Crippen LogP contribution in [0, 0.1) is 0 Å². The standard InChI is InChI=1S/C12H22N4O/c1-4-9(2)15-12(17)6-7-13-10(3)11-5-8-14-16-11/h5,8-10,13H,4,6-7H2,1-3H3,(H,14,16)(H,15,17). The second-order valence-corrected chi connectivity index (χ2v) is 4.31. The molecular weight excluding hydrogens is 216 g/mol. The smallest absolute Gasteiger partial charge is 0.221 e. The molecule has 0 aromatic carbocycles. The Morgan fingerprint density at radius 3 is 2.88 bits per heavy atom. The topological polar surface area (TPSA) is 69.8 Å². The van der Waals surface area contributed by atoms with E-state index in [2.05, 4.69) is 27.8 Å². The Kier molecular flexibility index (Phi) is 5.69. The zero-order valence-electron chi connectivity index (χ0n) is 10.8. The molecule has 1 aromatic heterocycles. The Labute approximate surface area is 102 Å². The molecule has 0 saturated heterocycles. The molecule has 2 atom stereocenters. The molecule has 0 aliphatic heterocycles. The van der Waals surface area contributed by atoms with Gasteiger partial charge >= 0.3 is 0 Å². The average Bonchev–Trinajstić information content (AvgIpc) is 2.82. The van der Waals surface area contributed by atoms with Crippen LogP contribution in [-0.4, -0.2) is 28.7 Å². The molecular formula is C12H22N4O. The van der Waals surface area contributed by atoms with Crippen molar-refractivity contribution in [2.45, 2.75) is 45.7 Å². The van der Waals surface area contributed by atoms with E-state index >= 15 is 0 Å². The van der Waals surface area contributed by atoms with Crippen molar-refractivity contribution >= 4 is 5.91 Å². The average molecular weight is 238 g/mol. The van der Waals surface area contributed by atoms with Crippen molar-refractivity contribution in [3.8, 4) is 0 Å². The van der Waals surface area contributed by atoms with Gasteiger partial charge in [-0.3, -0.25) is 9.89 Å². The fraction of sp³-hybridized carbons (Fsp3) is 0.667. The molecule has 0 aliphatic rings. The number of nitrogens with one attached hydrogen (secondary N) is 3. The summed E-state index contributed by atoms with van der Waals surface area (Å²) in [6, 6.07) is 2.37. The maximum absolute atomic E-state index is 11.5. The van der Waals surface area contributed by atoms with Crippen LogP contribution >= 0.6 is 0 Å². The summed E-state index contributed by atoms with van der Waals surface area (Å²) >= 11 is 0. The first-order valence-corrected chi connectivity index (χ1v) is 6.15. The number of carbonyl (C=O) groups excluding carboxylic acids is 1. The number of carbonyl (C=O) groups is 1. The molecule has 17 heavy (non-hydrogen) atoms. The summed E-state index contributed by atoms with van der Waals surface area (Å²) in [6.45, 7) is 6.78. The SMILES string of the molecule is CCC(C)NC(=O)CCNC(C)c1ccn[nH]1. The lowest BCUT2D eigenvalue weighted by molar-refractivity contribution is -0.121. The van der Waals surface area contributed by atoms with Gasteiger partial charge in [-0.25, -0.2) is 0 Å². The van der Waals surface area contributed by atoms with E-state index in [0.29, 0.717) is 13.0 Å². The van der Waals surface area contributed by atoms with Gasteiger partial charge in [-0.15, -0.1) is 0 Å². The zero-order valence-corrected chi connectivity index (χ0v) is 10.8. The van der Waals surface area contributed by atoms with Crippen molar-refractivity contribution in [2.24, 2.45) is 0 Å². The molecule has 0 radical (unpaired) electrons. The summed E-state index contributed by atoms with van der Waals surface area (Å²) in [5.74, 6) is 0.101. The van der Waals surface area contributed by atoms with E-state index in [4.69, 9.17) is 0 Å². The number of nitrogens with zero attached hydrogens (tertiary/aromatic N) is 1. The lowest BCUT2D eigenvalue weighted by Crippen LogP contribution is -2.34. The van der Waals surface area contributed by atoms with Gasteiger partial charge in [0.15, 0.2) is 0 Å². The molecule has 0 fully saturated rings. The van der Waals surface area contributed by atoms with Gasteiger partial charge in [-0.05, 0) is 26.3 Å². The molecule has 0 saturated carbocycles. The molecule has 96 valence electrons. The van der Waals surface area contributed by atoms with E-state index in [9.17, 15) is 4.79 Å². The minimum Gasteiger partial charge on any atom is -0.354 e. The highest BCUT2D eigenvalue weighted by Gasteiger charge is 2.08. The van der Waals surface area contributed by atoms with E-state index in [1.54, 1.807) is 6.20 Å². The van der Waals surface area contributed by atoms with E-state index in [1.165, 1.54) is 0 Å². The van der Waals surface area contributed by atoms with Crippen molar-refractivity contribution < 1.29 is 4.79 Å². The van der Waals surface area contributed by atoms with Crippen LogP contribution in [0.5, 0.6) is 0 Å². The predicted molar refractivity (Wildman–Crippen MR) is 67.5 cm³/mol. The van der Waals surface area contributed by atoms with Crippen LogP contribution in [0.25, 0.3) is 0 Å². The van der Waals surface area contributed by atoms with Crippen molar-refractivity contribution in [3.05, 3.63) is 18.0 Å². The number of H-pyrrole nitrogens is 1. The second kappa shape index (κ2) is 7.06. The van der Waals surface area contributed by atoms with Gasteiger partial charge in [0.05, 0.1) is 5.69 Å². The number of hydrogen-bond donors (Lipinski definition) is 3. The molecule has 1 rings (SSSR count). The highest BCUT2D eigenvalue weighted by Crippen LogP contribution is 2.06.